The molecular weight excluding hydrogens is 245 g/mol. The van der Waals surface area contributed by atoms with Gasteiger partial charge in [-0.1, -0.05) is 43.6 Å². The molecule has 0 atom stereocenters. The molecule has 0 aliphatic rings. The fraction of sp³-hybridized carbons (Fsp3) is 0.417. The minimum Gasteiger partial charge on any atom is -0.354 e. The second kappa shape index (κ2) is 5.55. The first-order valence-corrected chi connectivity index (χ1v) is 5.96. The second-order valence-electron chi connectivity index (χ2n) is 4.27. The number of hydrogen-bond acceptors (Lipinski definition) is 1. The van der Waals surface area contributed by atoms with Crippen LogP contribution in [0.3, 0.4) is 0 Å². The summed E-state index contributed by atoms with van der Waals surface area (Å²) in [6.45, 7) is 4.58. The molecule has 1 rings (SSSR count). The van der Waals surface area contributed by atoms with Gasteiger partial charge in [0.1, 0.15) is 5.88 Å². The van der Waals surface area contributed by atoms with Gasteiger partial charge in [0.25, 0.3) is 0 Å². The summed E-state index contributed by atoms with van der Waals surface area (Å²) in [5.41, 5.74) is 0.812. The van der Waals surface area contributed by atoms with Crippen LogP contribution in [0.25, 0.3) is 0 Å². The standard InChI is InChI=1S/C12H15Cl2NO/c1-12(2,8-15-11(16)7-13)9-5-3-4-6-10(9)14/h3-6H,7-8H2,1-2H3,(H,15,16). The third kappa shape index (κ3) is 3.39. The van der Waals surface area contributed by atoms with Crippen LogP contribution in [0.4, 0.5) is 0 Å². The molecule has 1 aromatic rings. The molecule has 0 fully saturated rings. The van der Waals surface area contributed by atoms with Crippen molar-refractivity contribution in [3.8, 4) is 0 Å². The maximum atomic E-state index is 11.1. The molecule has 0 bridgehead atoms. The number of alkyl halides is 1. The van der Waals surface area contributed by atoms with Gasteiger partial charge in [0, 0.05) is 17.0 Å². The molecule has 1 amide bonds. The first-order chi connectivity index (χ1) is 7.47. The average Bonchev–Trinajstić information content (AvgIpc) is 2.26. The van der Waals surface area contributed by atoms with Crippen LogP contribution in [0.1, 0.15) is 19.4 Å². The molecule has 1 N–H and O–H groups in total. The second-order valence-corrected chi connectivity index (χ2v) is 4.95. The molecule has 2 nitrogen and oxygen atoms in total. The van der Waals surface area contributed by atoms with E-state index in [1.54, 1.807) is 0 Å². The molecule has 0 aromatic heterocycles. The minimum absolute atomic E-state index is 0.0153. The first-order valence-electron chi connectivity index (χ1n) is 5.05. The van der Waals surface area contributed by atoms with Gasteiger partial charge in [-0.25, -0.2) is 0 Å². The Labute approximate surface area is 106 Å². The lowest BCUT2D eigenvalue weighted by atomic mass is 9.84. The molecule has 0 unspecified atom stereocenters. The van der Waals surface area contributed by atoms with Gasteiger partial charge in [-0.05, 0) is 11.6 Å². The highest BCUT2D eigenvalue weighted by atomic mass is 35.5. The van der Waals surface area contributed by atoms with Crippen LogP contribution < -0.4 is 5.32 Å². The third-order valence-corrected chi connectivity index (χ3v) is 3.02. The van der Waals surface area contributed by atoms with E-state index in [2.05, 4.69) is 5.32 Å². The highest BCUT2D eigenvalue weighted by molar-refractivity contribution is 6.31. The summed E-state index contributed by atoms with van der Waals surface area (Å²) >= 11 is 11.5. The van der Waals surface area contributed by atoms with E-state index in [0.29, 0.717) is 11.6 Å². The molecule has 0 saturated heterocycles. The predicted molar refractivity (Wildman–Crippen MR) is 68.2 cm³/mol. The van der Waals surface area contributed by atoms with Crippen molar-refractivity contribution in [2.75, 3.05) is 12.4 Å². The Morgan fingerprint density at radius 3 is 2.56 bits per heavy atom. The zero-order chi connectivity index (χ0) is 12.2. The fourth-order valence-corrected chi connectivity index (χ4v) is 1.96. The van der Waals surface area contributed by atoms with Crippen LogP contribution in [0, 0.1) is 0 Å². The van der Waals surface area contributed by atoms with Gasteiger partial charge in [0.05, 0.1) is 0 Å². The molecule has 0 aliphatic heterocycles. The van der Waals surface area contributed by atoms with E-state index in [4.69, 9.17) is 23.2 Å². The van der Waals surface area contributed by atoms with Crippen molar-refractivity contribution in [3.05, 3.63) is 34.9 Å². The highest BCUT2D eigenvalue weighted by Gasteiger charge is 2.23. The Balaban J connectivity index is 2.77. The van der Waals surface area contributed by atoms with Crippen molar-refractivity contribution in [2.24, 2.45) is 0 Å². The smallest absolute Gasteiger partial charge is 0.234 e. The Morgan fingerprint density at radius 1 is 1.38 bits per heavy atom. The Hall–Kier alpha value is -0.730. The summed E-state index contributed by atoms with van der Waals surface area (Å²) in [7, 11) is 0. The SMILES string of the molecule is CC(C)(CNC(=O)CCl)c1ccccc1Cl. The van der Waals surface area contributed by atoms with Crippen molar-refractivity contribution >= 4 is 29.1 Å². The van der Waals surface area contributed by atoms with E-state index < -0.39 is 0 Å². The minimum atomic E-state index is -0.208. The van der Waals surface area contributed by atoms with Crippen LogP contribution in [0.15, 0.2) is 24.3 Å². The molecule has 0 radical (unpaired) electrons. The molecule has 0 heterocycles. The van der Waals surface area contributed by atoms with E-state index in [-0.39, 0.29) is 17.2 Å². The molecule has 4 heteroatoms. The van der Waals surface area contributed by atoms with Crippen molar-refractivity contribution in [1.29, 1.82) is 0 Å². The van der Waals surface area contributed by atoms with Crippen molar-refractivity contribution in [3.63, 3.8) is 0 Å². The van der Waals surface area contributed by atoms with E-state index >= 15 is 0 Å². The Bertz CT molecular complexity index is 377. The predicted octanol–water partition coefficient (Wildman–Crippen LogP) is 2.97. The first kappa shape index (κ1) is 13.3. The number of rotatable bonds is 4. The van der Waals surface area contributed by atoms with Crippen LogP contribution in [0.5, 0.6) is 0 Å². The van der Waals surface area contributed by atoms with Crippen LogP contribution in [-0.2, 0) is 10.2 Å². The Kier molecular flexibility index (Phi) is 4.63. The largest absolute Gasteiger partial charge is 0.354 e. The van der Waals surface area contributed by atoms with Gasteiger partial charge in [-0.15, -0.1) is 11.6 Å². The van der Waals surface area contributed by atoms with Gasteiger partial charge in [0.15, 0.2) is 0 Å². The average molecular weight is 260 g/mol. The van der Waals surface area contributed by atoms with Crippen LogP contribution >= 0.6 is 23.2 Å². The summed E-state index contributed by atoms with van der Waals surface area (Å²) in [4.78, 5) is 11.1. The van der Waals surface area contributed by atoms with Gasteiger partial charge >= 0.3 is 0 Å². The number of amides is 1. The van der Waals surface area contributed by atoms with Gasteiger partial charge < -0.3 is 5.32 Å². The van der Waals surface area contributed by atoms with E-state index in [1.807, 2.05) is 38.1 Å². The van der Waals surface area contributed by atoms with Crippen molar-refractivity contribution in [1.82, 2.24) is 5.32 Å². The molecule has 88 valence electrons. The molecule has 0 aliphatic carbocycles. The number of hydrogen-bond donors (Lipinski definition) is 1. The summed E-state index contributed by atoms with van der Waals surface area (Å²) in [6, 6.07) is 7.64. The number of carbonyl (C=O) groups is 1. The number of nitrogens with one attached hydrogen (secondary N) is 1. The monoisotopic (exact) mass is 259 g/mol. The lowest BCUT2D eigenvalue weighted by molar-refractivity contribution is -0.118. The summed E-state index contributed by atoms with van der Waals surface area (Å²) in [6.07, 6.45) is 0. The number of benzene rings is 1. The maximum Gasteiger partial charge on any atom is 0.234 e. The Morgan fingerprint density at radius 2 is 2.00 bits per heavy atom. The lowest BCUT2D eigenvalue weighted by Crippen LogP contribution is -2.37. The van der Waals surface area contributed by atoms with Gasteiger partial charge in [0.2, 0.25) is 5.91 Å². The van der Waals surface area contributed by atoms with Gasteiger partial charge in [-0.2, -0.15) is 0 Å². The molecular formula is C12H15Cl2NO. The summed E-state index contributed by atoms with van der Waals surface area (Å²) in [5, 5.41) is 3.48. The molecule has 16 heavy (non-hydrogen) atoms. The van der Waals surface area contributed by atoms with Gasteiger partial charge in [-0.3, -0.25) is 4.79 Å². The summed E-state index contributed by atoms with van der Waals surface area (Å²) in [5.74, 6) is -0.180. The van der Waals surface area contributed by atoms with Crippen LogP contribution in [0.2, 0.25) is 5.02 Å². The zero-order valence-corrected chi connectivity index (χ0v) is 10.9. The molecule has 0 saturated carbocycles. The van der Waals surface area contributed by atoms with Crippen molar-refractivity contribution in [2.45, 2.75) is 19.3 Å². The molecule has 0 spiro atoms. The molecule has 1 aromatic carbocycles. The fourth-order valence-electron chi connectivity index (χ4n) is 1.47. The highest BCUT2D eigenvalue weighted by Crippen LogP contribution is 2.28. The maximum absolute atomic E-state index is 11.1. The topological polar surface area (TPSA) is 29.1 Å². The lowest BCUT2D eigenvalue weighted by Gasteiger charge is -2.26. The normalized spacial score (nSPS) is 11.2. The number of halogens is 2. The van der Waals surface area contributed by atoms with E-state index in [1.165, 1.54) is 0 Å². The van der Waals surface area contributed by atoms with Crippen molar-refractivity contribution < 1.29 is 4.79 Å². The van der Waals surface area contributed by atoms with E-state index in [0.717, 1.165) is 5.56 Å². The van der Waals surface area contributed by atoms with Crippen LogP contribution in [-0.4, -0.2) is 18.3 Å². The number of carbonyl (C=O) groups excluding carboxylic acids is 1. The quantitative estimate of drug-likeness (QED) is 0.828. The zero-order valence-electron chi connectivity index (χ0n) is 9.39. The van der Waals surface area contributed by atoms with E-state index in [9.17, 15) is 4.79 Å². The third-order valence-electron chi connectivity index (χ3n) is 2.45. The summed E-state index contributed by atoms with van der Waals surface area (Å²) < 4.78 is 0.